The van der Waals surface area contributed by atoms with Gasteiger partial charge in [-0.3, -0.25) is 4.99 Å². The van der Waals surface area contributed by atoms with Gasteiger partial charge in [-0.25, -0.2) is 0 Å². The van der Waals surface area contributed by atoms with Gasteiger partial charge in [-0.15, -0.1) is 30.6 Å². The Kier molecular flexibility index (Phi) is 7.74. The number of aliphatic imine (C=N–C) groups is 1. The average Bonchev–Trinajstić information content (AvgIpc) is 2.19. The van der Waals surface area contributed by atoms with E-state index in [1.165, 1.54) is 0 Å². The van der Waals surface area contributed by atoms with Gasteiger partial charge in [0.25, 0.3) is 0 Å². The van der Waals surface area contributed by atoms with Crippen molar-refractivity contribution in [1.29, 1.82) is 0 Å². The van der Waals surface area contributed by atoms with Crippen molar-refractivity contribution in [2.45, 2.75) is 31.8 Å². The van der Waals surface area contributed by atoms with Crippen LogP contribution in [0.3, 0.4) is 0 Å². The van der Waals surface area contributed by atoms with Gasteiger partial charge in [0.15, 0.2) is 5.96 Å². The highest BCUT2D eigenvalue weighted by Crippen LogP contribution is 2.31. The summed E-state index contributed by atoms with van der Waals surface area (Å²) in [6, 6.07) is 0. The minimum absolute atomic E-state index is 0. The summed E-state index contributed by atoms with van der Waals surface area (Å²) in [4.78, 5) is 4.34. The number of halogens is 1. The highest BCUT2D eigenvalue weighted by molar-refractivity contribution is 14.0. The van der Waals surface area contributed by atoms with Crippen LogP contribution < -0.4 is 10.6 Å². The highest BCUT2D eigenvalue weighted by Gasteiger charge is 2.33. The molecular weight excluding hydrogens is 317 g/mol. The lowest BCUT2D eigenvalue weighted by atomic mass is 9.80. The summed E-state index contributed by atoms with van der Waals surface area (Å²) >= 11 is 0. The first-order valence-corrected chi connectivity index (χ1v) is 5.55. The van der Waals surface area contributed by atoms with Gasteiger partial charge in [-0.05, 0) is 26.2 Å². The Morgan fingerprint density at radius 3 is 2.62 bits per heavy atom. The quantitative estimate of drug-likeness (QED) is 0.306. The Labute approximate surface area is 115 Å². The van der Waals surface area contributed by atoms with Crippen LogP contribution in [0.5, 0.6) is 0 Å². The van der Waals surface area contributed by atoms with Crippen LogP contribution in [0.2, 0.25) is 0 Å². The van der Waals surface area contributed by atoms with Crippen molar-refractivity contribution in [2.24, 2.45) is 4.99 Å². The van der Waals surface area contributed by atoms with E-state index in [1.54, 1.807) is 6.08 Å². The van der Waals surface area contributed by atoms with Crippen LogP contribution in [0.15, 0.2) is 17.6 Å². The summed E-state index contributed by atoms with van der Waals surface area (Å²) in [6.07, 6.45) is 4.64. The summed E-state index contributed by atoms with van der Waals surface area (Å²) in [7, 11) is 0. The number of hydrogen-bond acceptors (Lipinski definition) is 2. The Balaban J connectivity index is 0.00000225. The number of guanidine groups is 1. The third-order valence-electron chi connectivity index (χ3n) is 2.57. The van der Waals surface area contributed by atoms with E-state index in [2.05, 4.69) is 22.2 Å². The van der Waals surface area contributed by atoms with Crippen molar-refractivity contribution in [1.82, 2.24) is 10.6 Å². The van der Waals surface area contributed by atoms with E-state index in [0.717, 1.165) is 31.8 Å². The van der Waals surface area contributed by atoms with Crippen molar-refractivity contribution in [3.63, 3.8) is 0 Å². The Morgan fingerprint density at radius 1 is 1.50 bits per heavy atom. The van der Waals surface area contributed by atoms with E-state index in [0.29, 0.717) is 13.1 Å². The van der Waals surface area contributed by atoms with Crippen LogP contribution in [-0.2, 0) is 0 Å². The highest BCUT2D eigenvalue weighted by atomic mass is 127. The molecule has 0 bridgehead atoms. The monoisotopic (exact) mass is 339 g/mol. The second-order valence-electron chi connectivity index (χ2n) is 3.94. The molecule has 1 aliphatic carbocycles. The number of hydrogen-bond donors (Lipinski definition) is 3. The third-order valence-corrected chi connectivity index (χ3v) is 2.57. The SMILES string of the molecule is C=CCNC(=NCC1(O)CCC1)NCC.I. The Morgan fingerprint density at radius 2 is 2.19 bits per heavy atom. The first-order valence-electron chi connectivity index (χ1n) is 5.55. The summed E-state index contributed by atoms with van der Waals surface area (Å²) in [5.41, 5.74) is -0.545. The average molecular weight is 339 g/mol. The van der Waals surface area contributed by atoms with E-state index >= 15 is 0 Å². The lowest BCUT2D eigenvalue weighted by molar-refractivity contribution is -0.0236. The molecule has 1 rings (SSSR count). The molecule has 16 heavy (non-hydrogen) atoms. The number of rotatable bonds is 5. The van der Waals surface area contributed by atoms with Gasteiger partial charge in [0.05, 0.1) is 12.1 Å². The maximum atomic E-state index is 9.87. The molecule has 0 aromatic heterocycles. The molecule has 0 aromatic rings. The fourth-order valence-corrected chi connectivity index (χ4v) is 1.48. The van der Waals surface area contributed by atoms with Gasteiger partial charge >= 0.3 is 0 Å². The van der Waals surface area contributed by atoms with Crippen molar-refractivity contribution in [3.05, 3.63) is 12.7 Å². The zero-order chi connectivity index (χ0) is 11.1. The van der Waals surface area contributed by atoms with Crippen molar-refractivity contribution in [3.8, 4) is 0 Å². The van der Waals surface area contributed by atoms with Gasteiger partial charge in [0, 0.05) is 13.1 Å². The van der Waals surface area contributed by atoms with Crippen LogP contribution in [0.4, 0.5) is 0 Å². The fraction of sp³-hybridized carbons (Fsp3) is 0.727. The second kappa shape index (κ2) is 7.89. The molecule has 0 aliphatic heterocycles. The third kappa shape index (κ3) is 5.16. The fourth-order valence-electron chi connectivity index (χ4n) is 1.48. The second-order valence-corrected chi connectivity index (χ2v) is 3.94. The van der Waals surface area contributed by atoms with Crippen molar-refractivity contribution >= 4 is 29.9 Å². The standard InChI is InChI=1S/C11H21N3O.HI/c1-3-8-13-10(12-4-2)14-9-11(15)6-5-7-11;/h3,15H,1,4-9H2,2H3,(H2,12,13,14);1H. The Hall–Kier alpha value is -0.300. The predicted octanol–water partition coefficient (Wildman–Crippen LogP) is 1.26. The van der Waals surface area contributed by atoms with Gasteiger partial charge in [-0.1, -0.05) is 6.08 Å². The molecule has 0 saturated heterocycles. The number of nitrogens with zero attached hydrogens (tertiary/aromatic N) is 1. The smallest absolute Gasteiger partial charge is 0.191 e. The van der Waals surface area contributed by atoms with Crippen LogP contribution >= 0.6 is 24.0 Å². The minimum Gasteiger partial charge on any atom is -0.388 e. The van der Waals surface area contributed by atoms with Gasteiger partial charge < -0.3 is 15.7 Å². The van der Waals surface area contributed by atoms with E-state index in [4.69, 9.17) is 0 Å². The molecule has 0 radical (unpaired) electrons. The van der Waals surface area contributed by atoms with Gasteiger partial charge in [-0.2, -0.15) is 0 Å². The van der Waals surface area contributed by atoms with Crippen molar-refractivity contribution < 1.29 is 5.11 Å². The molecule has 3 N–H and O–H groups in total. The normalized spacial score (nSPS) is 18.0. The molecule has 0 atom stereocenters. The van der Waals surface area contributed by atoms with Crippen LogP contribution in [0, 0.1) is 0 Å². The van der Waals surface area contributed by atoms with E-state index in [-0.39, 0.29) is 24.0 Å². The van der Waals surface area contributed by atoms with E-state index in [9.17, 15) is 5.11 Å². The van der Waals surface area contributed by atoms with Crippen LogP contribution in [0.25, 0.3) is 0 Å². The lowest BCUT2D eigenvalue weighted by Crippen LogP contribution is -2.43. The van der Waals surface area contributed by atoms with Crippen LogP contribution in [-0.4, -0.2) is 36.3 Å². The molecule has 1 fully saturated rings. The predicted molar refractivity (Wildman–Crippen MR) is 78.4 cm³/mol. The first kappa shape index (κ1) is 15.7. The van der Waals surface area contributed by atoms with Crippen LogP contribution in [0.1, 0.15) is 26.2 Å². The van der Waals surface area contributed by atoms with Crippen molar-refractivity contribution in [2.75, 3.05) is 19.6 Å². The molecule has 94 valence electrons. The molecule has 0 aromatic carbocycles. The lowest BCUT2D eigenvalue weighted by Gasteiger charge is -2.35. The van der Waals surface area contributed by atoms with Gasteiger partial charge in [0.2, 0.25) is 0 Å². The molecule has 0 amide bonds. The minimum atomic E-state index is -0.545. The molecule has 1 saturated carbocycles. The zero-order valence-corrected chi connectivity index (χ0v) is 12.2. The topological polar surface area (TPSA) is 56.7 Å². The molecule has 0 unspecified atom stereocenters. The molecule has 0 heterocycles. The molecule has 0 spiro atoms. The summed E-state index contributed by atoms with van der Waals surface area (Å²) in [5, 5.41) is 16.1. The van der Waals surface area contributed by atoms with E-state index in [1.807, 2.05) is 6.92 Å². The molecular formula is C11H22IN3O. The number of nitrogens with one attached hydrogen (secondary N) is 2. The maximum absolute atomic E-state index is 9.87. The molecule has 4 nitrogen and oxygen atoms in total. The van der Waals surface area contributed by atoms with Gasteiger partial charge in [0.1, 0.15) is 0 Å². The maximum Gasteiger partial charge on any atom is 0.191 e. The zero-order valence-electron chi connectivity index (χ0n) is 9.83. The summed E-state index contributed by atoms with van der Waals surface area (Å²) in [6.45, 7) is 7.64. The summed E-state index contributed by atoms with van der Waals surface area (Å²) < 4.78 is 0. The molecule has 5 heteroatoms. The van der Waals surface area contributed by atoms with E-state index < -0.39 is 5.60 Å². The number of aliphatic hydroxyl groups is 1. The summed E-state index contributed by atoms with van der Waals surface area (Å²) in [5.74, 6) is 0.748. The molecule has 1 aliphatic rings. The largest absolute Gasteiger partial charge is 0.388 e. The Bertz CT molecular complexity index is 239. The first-order chi connectivity index (χ1) is 7.20.